The first-order valence-electron chi connectivity index (χ1n) is 16.6. The van der Waals surface area contributed by atoms with Gasteiger partial charge in [0.2, 0.25) is 0 Å². The van der Waals surface area contributed by atoms with Crippen LogP contribution >= 0.6 is 19.5 Å². The standard InChI is InChI=1S/C20H23N2O7P.C8H14ClNO2.C6H15N.7Y/c1-15(19(23)27-14-20(2)12-13-20)21-30(26,28-17-6-4-3-5-7-17)29-18-10-8-16(9-11-18)22(24)25;1-6(10-9)7(11)12-5-8(2)3-4-8;1-4-7(5-2)6-3;;;;;;;/h3-11,15H,12-14H2,1-2H3,(H,21,26);6,10H,3-5H2,1-2H3;4-6H2,1-3H3;;;;;;;/t15-,30?;6-;;;;;;;;/m00......../s1. The summed E-state index contributed by atoms with van der Waals surface area (Å²) in [6, 6.07) is 12.0. The van der Waals surface area contributed by atoms with Gasteiger partial charge in [0.15, 0.2) is 0 Å². The Morgan fingerprint density at radius 2 is 1.12 bits per heavy atom. The number of para-hydroxylation sites is 1. The number of carbonyl (C=O) groups excluding carboxylic acids is 2. The number of ether oxygens (including phenoxy) is 2. The smallest absolute Gasteiger partial charge is 0.464 e. The third-order valence-corrected chi connectivity index (χ3v) is 10.1. The van der Waals surface area contributed by atoms with Crippen LogP contribution in [0.25, 0.3) is 0 Å². The number of halogens is 1. The molecule has 2 aliphatic rings. The van der Waals surface area contributed by atoms with Crippen molar-refractivity contribution >= 4 is 37.1 Å². The molecule has 3 atom stereocenters. The van der Waals surface area contributed by atoms with Gasteiger partial charge in [0, 0.05) is 252 Å². The topological polar surface area (TPSA) is 159 Å². The van der Waals surface area contributed by atoms with E-state index >= 15 is 0 Å². The van der Waals surface area contributed by atoms with Gasteiger partial charge in [0.25, 0.3) is 5.69 Å². The largest absolute Gasteiger partial charge is 0.513 e. The van der Waals surface area contributed by atoms with Gasteiger partial charge in [-0.1, -0.05) is 52.8 Å². The van der Waals surface area contributed by atoms with Gasteiger partial charge >= 0.3 is 19.7 Å². The molecule has 1 unspecified atom stereocenters. The first kappa shape index (κ1) is 72.1. The zero-order valence-electron chi connectivity index (χ0n) is 33.7. The molecule has 2 fully saturated rings. The van der Waals surface area contributed by atoms with Gasteiger partial charge in [-0.3, -0.25) is 19.7 Å². The summed E-state index contributed by atoms with van der Waals surface area (Å²) >= 11 is 5.26. The summed E-state index contributed by atoms with van der Waals surface area (Å²) in [7, 11) is -4.08. The Bertz CT molecular complexity index is 1400. The number of hydrogen-bond donors (Lipinski definition) is 2. The van der Waals surface area contributed by atoms with Gasteiger partial charge in [-0.05, 0) is 95.2 Å². The van der Waals surface area contributed by atoms with Crippen molar-refractivity contribution in [3.05, 3.63) is 64.7 Å². The van der Waals surface area contributed by atoms with Gasteiger partial charge in [-0.2, -0.15) is 5.09 Å². The van der Waals surface area contributed by atoms with Crippen LogP contribution in [-0.2, 0) is 253 Å². The van der Waals surface area contributed by atoms with E-state index in [1.807, 2.05) is 6.92 Å². The number of nitro benzene ring substituents is 1. The second-order valence-corrected chi connectivity index (χ2v) is 14.7. The predicted octanol–water partition coefficient (Wildman–Crippen LogP) is 7.27. The van der Waals surface area contributed by atoms with E-state index < -0.39 is 30.7 Å². The van der Waals surface area contributed by atoms with E-state index in [1.165, 1.54) is 50.8 Å². The minimum Gasteiger partial charge on any atom is -0.464 e. The number of esters is 2. The van der Waals surface area contributed by atoms with E-state index in [1.54, 1.807) is 37.3 Å². The third kappa shape index (κ3) is 30.6. The van der Waals surface area contributed by atoms with E-state index in [0.717, 1.165) is 25.7 Å². The zero-order valence-corrected chi connectivity index (χ0v) is 55.2. The zero-order chi connectivity index (χ0) is 36.7. The molecule has 0 aliphatic heterocycles. The van der Waals surface area contributed by atoms with Gasteiger partial charge < -0.3 is 23.4 Å². The third-order valence-electron chi connectivity index (χ3n) is 8.14. The molecule has 2 saturated carbocycles. The van der Waals surface area contributed by atoms with Crippen molar-refractivity contribution in [3.8, 4) is 11.5 Å². The molecule has 0 saturated heterocycles. The van der Waals surface area contributed by atoms with Crippen LogP contribution in [0.1, 0.15) is 74.1 Å². The molecule has 2 N–H and O–H groups in total. The van der Waals surface area contributed by atoms with Crippen LogP contribution in [0.15, 0.2) is 54.6 Å². The maximum absolute atomic E-state index is 13.4. The average molecular weight is 1350 g/mol. The minimum absolute atomic E-state index is 0. The van der Waals surface area contributed by atoms with Gasteiger partial charge in [-0.15, -0.1) is 0 Å². The molecule has 0 bridgehead atoms. The van der Waals surface area contributed by atoms with Crippen LogP contribution in [0, 0.1) is 20.9 Å². The number of carbonyl (C=O) groups is 2. The Morgan fingerprint density at radius 1 is 0.750 bits per heavy atom. The fraction of sp³-hybridized carbons (Fsp3) is 0.588. The van der Waals surface area contributed by atoms with E-state index in [0.29, 0.717) is 13.2 Å². The Kier molecular flexibility index (Phi) is 48.5. The molecule has 4 rings (SSSR count). The molecule has 56 heavy (non-hydrogen) atoms. The molecule has 295 valence electrons. The Labute approximate surface area is 514 Å². The maximum atomic E-state index is 13.4. The van der Waals surface area contributed by atoms with Crippen molar-refractivity contribution in [2.75, 3.05) is 32.8 Å². The monoisotopic (exact) mass is 1350 g/mol. The van der Waals surface area contributed by atoms with Crippen LogP contribution in [0.2, 0.25) is 0 Å². The molecule has 0 aromatic heterocycles. The number of nitrogens with one attached hydrogen (secondary N) is 2. The number of nitro groups is 1. The van der Waals surface area contributed by atoms with E-state index in [4.69, 9.17) is 30.3 Å². The summed E-state index contributed by atoms with van der Waals surface area (Å²) in [5, 5.41) is 13.4. The Balaban J connectivity index is -0.000000203. The van der Waals surface area contributed by atoms with Gasteiger partial charge in [0.05, 0.1) is 18.1 Å². The first-order valence-corrected chi connectivity index (χ1v) is 18.5. The van der Waals surface area contributed by atoms with Crippen LogP contribution < -0.4 is 19.0 Å². The second kappa shape index (κ2) is 37.7. The molecule has 13 nitrogen and oxygen atoms in total. The summed E-state index contributed by atoms with van der Waals surface area (Å²) in [4.78, 5) is 38.4. The quantitative estimate of drug-likeness (QED) is 0.0538. The summed E-state index contributed by atoms with van der Waals surface area (Å²) in [6.07, 6.45) is 4.31. The molecule has 2 aromatic rings. The fourth-order valence-corrected chi connectivity index (χ4v) is 5.53. The molecule has 0 heterocycles. The van der Waals surface area contributed by atoms with Gasteiger partial charge in [0.1, 0.15) is 23.6 Å². The van der Waals surface area contributed by atoms with Crippen molar-refractivity contribution in [2.24, 2.45) is 10.8 Å². The number of rotatable bonds is 17. The normalized spacial score (nSPS) is 15.2. The molecule has 0 amide bonds. The molecule has 2 aromatic carbocycles. The summed E-state index contributed by atoms with van der Waals surface area (Å²) in [5.41, 5.74) is 0.135. The maximum Gasteiger partial charge on any atom is 0.513 e. The molecule has 22 heteroatoms. The molecule has 7 radical (unpaired) electrons. The SMILES string of the molecule is CCN(CC)CC.C[C@H](NCl)C(=O)OCC1(C)CC1.C[C@H](NP(=O)(Oc1ccccc1)Oc1ccc([N+](=O)[O-])cc1)C(=O)OCC1(C)CC1.[Y].[Y].[Y].[Y].[Y].[Y].[Y]. The van der Waals surface area contributed by atoms with E-state index in [9.17, 15) is 24.3 Å². The molecule has 0 spiro atoms. The number of non-ortho nitro benzene ring substituents is 1. The summed E-state index contributed by atoms with van der Waals surface area (Å²) in [5.74, 6) is -0.509. The van der Waals surface area contributed by atoms with Crippen molar-refractivity contribution in [1.82, 2.24) is 14.8 Å². The van der Waals surface area contributed by atoms with Crippen LogP contribution in [0.3, 0.4) is 0 Å². The van der Waals surface area contributed by atoms with Crippen molar-refractivity contribution in [1.29, 1.82) is 0 Å². The second-order valence-electron chi connectivity index (χ2n) is 12.9. The summed E-state index contributed by atoms with van der Waals surface area (Å²) in [6.45, 7) is 18.3. The molecular formula is C34H52ClN4O9PY7. The van der Waals surface area contributed by atoms with Crippen LogP contribution in [0.5, 0.6) is 11.5 Å². The Morgan fingerprint density at radius 3 is 1.45 bits per heavy atom. The number of nitrogens with zero attached hydrogens (tertiary/aromatic N) is 2. The fourth-order valence-electron chi connectivity index (χ4n) is 3.92. The molecular weight excluding hydrogens is 1300 g/mol. The van der Waals surface area contributed by atoms with Gasteiger partial charge in [-0.25, -0.2) is 9.40 Å². The van der Waals surface area contributed by atoms with Crippen LogP contribution in [0.4, 0.5) is 5.69 Å². The number of benzene rings is 2. The average Bonchev–Trinajstić information content (AvgIpc) is 4.02. The Hall–Kier alpha value is 4.51. The van der Waals surface area contributed by atoms with Crippen molar-refractivity contribution in [3.63, 3.8) is 0 Å². The van der Waals surface area contributed by atoms with Crippen molar-refractivity contribution < 1.29 is 267 Å². The predicted molar refractivity (Wildman–Crippen MR) is 190 cm³/mol. The summed E-state index contributed by atoms with van der Waals surface area (Å²) < 4.78 is 34.8. The van der Waals surface area contributed by atoms with E-state index in [2.05, 4.69) is 42.5 Å². The minimum atomic E-state index is -4.08. The van der Waals surface area contributed by atoms with Crippen molar-refractivity contribution in [2.45, 2.75) is 86.2 Å². The molecule has 2 aliphatic carbocycles. The first-order chi connectivity index (χ1) is 23.1. The number of hydrogen-bond acceptors (Lipinski definition) is 11. The van der Waals surface area contributed by atoms with Crippen LogP contribution in [-0.4, -0.2) is 66.7 Å². The van der Waals surface area contributed by atoms with E-state index in [-0.39, 0.29) is 263 Å².